The summed E-state index contributed by atoms with van der Waals surface area (Å²) in [5, 5.41) is 0. The molecule has 14 heavy (non-hydrogen) atoms. The SMILES string of the molecule is CNS(=O)(=O)c1ccccc1N(C)C. The van der Waals surface area contributed by atoms with Gasteiger partial charge in [-0.3, -0.25) is 0 Å². The van der Waals surface area contributed by atoms with Gasteiger partial charge in [-0.1, -0.05) is 12.1 Å². The van der Waals surface area contributed by atoms with Gasteiger partial charge in [-0.15, -0.1) is 0 Å². The first-order valence-corrected chi connectivity index (χ1v) is 5.67. The Hall–Kier alpha value is -1.07. The normalized spacial score (nSPS) is 11.4. The molecule has 4 nitrogen and oxygen atoms in total. The molecule has 0 aliphatic carbocycles. The second-order valence-electron chi connectivity index (χ2n) is 3.07. The van der Waals surface area contributed by atoms with Crippen LogP contribution in [0, 0.1) is 0 Å². The predicted octanol–water partition coefficient (Wildman–Crippen LogP) is 0.661. The number of rotatable bonds is 3. The van der Waals surface area contributed by atoms with Crippen molar-refractivity contribution in [2.45, 2.75) is 4.90 Å². The molecule has 0 aliphatic rings. The molecule has 0 fully saturated rings. The second-order valence-corrected chi connectivity index (χ2v) is 4.92. The van der Waals surface area contributed by atoms with Crippen LogP contribution in [0.5, 0.6) is 0 Å². The first-order valence-electron chi connectivity index (χ1n) is 4.19. The first kappa shape index (κ1) is 11.0. The summed E-state index contributed by atoms with van der Waals surface area (Å²) in [6.07, 6.45) is 0. The fourth-order valence-corrected chi connectivity index (χ4v) is 2.17. The zero-order valence-electron chi connectivity index (χ0n) is 8.48. The molecule has 1 rings (SSSR count). The van der Waals surface area contributed by atoms with Crippen LogP contribution in [0.3, 0.4) is 0 Å². The smallest absolute Gasteiger partial charge is 0.242 e. The highest BCUT2D eigenvalue weighted by atomic mass is 32.2. The predicted molar refractivity (Wildman–Crippen MR) is 57.0 cm³/mol. The molecule has 0 aliphatic heterocycles. The van der Waals surface area contributed by atoms with Crippen molar-refractivity contribution in [3.05, 3.63) is 24.3 Å². The summed E-state index contributed by atoms with van der Waals surface area (Å²) in [7, 11) is 1.66. The lowest BCUT2D eigenvalue weighted by molar-refractivity contribution is 0.588. The lowest BCUT2D eigenvalue weighted by Crippen LogP contribution is -2.22. The van der Waals surface area contributed by atoms with Crippen LogP contribution < -0.4 is 9.62 Å². The van der Waals surface area contributed by atoms with E-state index in [4.69, 9.17) is 0 Å². The molecule has 0 radical (unpaired) electrons. The minimum atomic E-state index is -3.37. The van der Waals surface area contributed by atoms with Gasteiger partial charge in [-0.2, -0.15) is 0 Å². The number of nitrogens with zero attached hydrogens (tertiary/aromatic N) is 1. The summed E-state index contributed by atoms with van der Waals surface area (Å²) < 4.78 is 25.5. The molecular weight excluding hydrogens is 200 g/mol. The summed E-state index contributed by atoms with van der Waals surface area (Å²) in [5.41, 5.74) is 0.682. The molecule has 0 aromatic heterocycles. The highest BCUT2D eigenvalue weighted by Gasteiger charge is 2.16. The van der Waals surface area contributed by atoms with Crippen molar-refractivity contribution in [3.63, 3.8) is 0 Å². The second kappa shape index (κ2) is 3.98. The minimum Gasteiger partial charge on any atom is -0.377 e. The Bertz CT molecular complexity index is 413. The fourth-order valence-electron chi connectivity index (χ4n) is 1.16. The van der Waals surface area contributed by atoms with Crippen molar-refractivity contribution in [2.24, 2.45) is 0 Å². The van der Waals surface area contributed by atoms with Gasteiger partial charge < -0.3 is 4.90 Å². The molecule has 0 atom stereocenters. The van der Waals surface area contributed by atoms with Gasteiger partial charge in [0.05, 0.1) is 5.69 Å². The molecule has 1 aromatic rings. The maximum Gasteiger partial charge on any atom is 0.242 e. The molecule has 78 valence electrons. The van der Waals surface area contributed by atoms with Gasteiger partial charge in [0.15, 0.2) is 0 Å². The van der Waals surface area contributed by atoms with Crippen LogP contribution >= 0.6 is 0 Å². The van der Waals surface area contributed by atoms with E-state index in [0.29, 0.717) is 10.6 Å². The molecule has 0 amide bonds. The van der Waals surface area contributed by atoms with Crippen molar-refractivity contribution < 1.29 is 8.42 Å². The van der Waals surface area contributed by atoms with E-state index >= 15 is 0 Å². The van der Waals surface area contributed by atoms with E-state index in [-0.39, 0.29) is 0 Å². The molecule has 0 spiro atoms. The van der Waals surface area contributed by atoms with Gasteiger partial charge >= 0.3 is 0 Å². The molecule has 0 saturated heterocycles. The zero-order chi connectivity index (χ0) is 10.8. The van der Waals surface area contributed by atoms with Crippen molar-refractivity contribution in [1.82, 2.24) is 4.72 Å². The Morgan fingerprint density at radius 3 is 2.29 bits per heavy atom. The number of hydrogen-bond acceptors (Lipinski definition) is 3. The highest BCUT2D eigenvalue weighted by molar-refractivity contribution is 7.89. The maximum atomic E-state index is 11.6. The summed E-state index contributed by atoms with van der Waals surface area (Å²) in [6.45, 7) is 0. The van der Waals surface area contributed by atoms with E-state index in [0.717, 1.165) is 0 Å². The summed E-state index contributed by atoms with van der Waals surface area (Å²) >= 11 is 0. The Morgan fingerprint density at radius 1 is 1.21 bits per heavy atom. The standard InChI is InChI=1S/C9H14N2O2S/c1-10-14(12,13)9-7-5-4-6-8(9)11(2)3/h4-7,10H,1-3H3. The first-order chi connectivity index (χ1) is 6.49. The minimum absolute atomic E-state index is 0.299. The van der Waals surface area contributed by atoms with Crippen molar-refractivity contribution >= 4 is 15.7 Å². The average Bonchev–Trinajstić information content (AvgIpc) is 2.18. The number of nitrogens with one attached hydrogen (secondary N) is 1. The maximum absolute atomic E-state index is 11.6. The van der Waals surface area contributed by atoms with Crippen LogP contribution in [0.1, 0.15) is 0 Å². The zero-order valence-corrected chi connectivity index (χ0v) is 9.30. The van der Waals surface area contributed by atoms with Crippen molar-refractivity contribution in [1.29, 1.82) is 0 Å². The van der Waals surface area contributed by atoms with Gasteiger partial charge in [0.1, 0.15) is 4.90 Å². The largest absolute Gasteiger partial charge is 0.377 e. The van der Waals surface area contributed by atoms with Crippen LogP contribution in [0.2, 0.25) is 0 Å². The van der Waals surface area contributed by atoms with Gasteiger partial charge in [0.2, 0.25) is 10.0 Å². The topological polar surface area (TPSA) is 49.4 Å². The molecule has 0 bridgehead atoms. The van der Waals surface area contributed by atoms with Crippen LogP contribution in [0.15, 0.2) is 29.2 Å². The quantitative estimate of drug-likeness (QED) is 0.804. The van der Waals surface area contributed by atoms with Gasteiger partial charge in [0, 0.05) is 14.1 Å². The van der Waals surface area contributed by atoms with Gasteiger partial charge in [-0.05, 0) is 19.2 Å². The summed E-state index contributed by atoms with van der Waals surface area (Å²) in [4.78, 5) is 2.07. The number of para-hydroxylation sites is 1. The van der Waals surface area contributed by atoms with Crippen LogP contribution in [-0.2, 0) is 10.0 Å². The number of sulfonamides is 1. The van der Waals surface area contributed by atoms with Gasteiger partial charge in [0.25, 0.3) is 0 Å². The van der Waals surface area contributed by atoms with Crippen LogP contribution in [-0.4, -0.2) is 29.6 Å². The fraction of sp³-hybridized carbons (Fsp3) is 0.333. The molecule has 1 N–H and O–H groups in total. The average molecular weight is 214 g/mol. The monoisotopic (exact) mass is 214 g/mol. The van der Waals surface area contributed by atoms with E-state index in [1.54, 1.807) is 23.1 Å². The van der Waals surface area contributed by atoms with Crippen molar-refractivity contribution in [2.75, 3.05) is 26.0 Å². The van der Waals surface area contributed by atoms with E-state index in [2.05, 4.69) is 4.72 Å². The summed E-state index contributed by atoms with van der Waals surface area (Å²) in [6, 6.07) is 6.87. The van der Waals surface area contributed by atoms with E-state index < -0.39 is 10.0 Å². The Balaban J connectivity index is 3.35. The Morgan fingerprint density at radius 2 is 1.79 bits per heavy atom. The molecule has 5 heteroatoms. The highest BCUT2D eigenvalue weighted by Crippen LogP contribution is 2.22. The van der Waals surface area contributed by atoms with Crippen LogP contribution in [0.25, 0.3) is 0 Å². The number of benzene rings is 1. The third kappa shape index (κ3) is 2.05. The molecule has 0 unspecified atom stereocenters. The van der Waals surface area contributed by atoms with E-state index in [9.17, 15) is 8.42 Å². The number of anilines is 1. The molecule has 1 aromatic carbocycles. The lowest BCUT2D eigenvalue weighted by Gasteiger charge is -2.16. The van der Waals surface area contributed by atoms with Crippen molar-refractivity contribution in [3.8, 4) is 0 Å². The third-order valence-electron chi connectivity index (χ3n) is 1.91. The third-order valence-corrected chi connectivity index (χ3v) is 3.37. The summed E-state index contributed by atoms with van der Waals surface area (Å²) in [5.74, 6) is 0. The molecule has 0 heterocycles. The molecular formula is C9H14N2O2S. The van der Waals surface area contributed by atoms with Gasteiger partial charge in [-0.25, -0.2) is 13.1 Å². The lowest BCUT2D eigenvalue weighted by atomic mass is 10.3. The Kier molecular flexibility index (Phi) is 3.13. The van der Waals surface area contributed by atoms with E-state index in [1.165, 1.54) is 7.05 Å². The van der Waals surface area contributed by atoms with Crippen LogP contribution in [0.4, 0.5) is 5.69 Å². The van der Waals surface area contributed by atoms with E-state index in [1.807, 2.05) is 20.2 Å². The number of hydrogen-bond donors (Lipinski definition) is 1. The molecule has 0 saturated carbocycles. The Labute approximate surface area is 84.6 Å².